The van der Waals surface area contributed by atoms with Crippen molar-refractivity contribution in [2.75, 3.05) is 44.9 Å². The number of amides is 1. The molecule has 6 atom stereocenters. The van der Waals surface area contributed by atoms with Crippen LogP contribution in [0.15, 0.2) is 60.0 Å². The number of halogens is 1. The molecule has 4 saturated heterocycles. The maximum atomic E-state index is 16.9. The van der Waals surface area contributed by atoms with Crippen LogP contribution in [0, 0.1) is 5.41 Å². The Hall–Kier alpha value is -5.34. The number of fused-ring (bicyclic) bond motifs is 4. The van der Waals surface area contributed by atoms with Gasteiger partial charge in [-0.1, -0.05) is 18.2 Å². The number of ether oxygens (including phenoxy) is 6. The Labute approximate surface area is 380 Å². The van der Waals surface area contributed by atoms with Crippen LogP contribution in [0.4, 0.5) is 15.0 Å². The number of nitrogens with zero attached hydrogens (tertiary/aromatic N) is 5. The van der Waals surface area contributed by atoms with Gasteiger partial charge in [0.05, 0.1) is 42.9 Å². The SMILES string of the molecule is COC(=O)c1ccc(COc2c(C3=C(C)C(F)=CC4[N+](C5CCCCO5)=CC=CC34C)c(C3CC3)cc3c(N4C[C@@H]5C[C@H]4CN5C(=O)OC(C)(C)C)nc(OC[C@@H]4CCCO4)nc23)cc1. The lowest BCUT2D eigenvalue weighted by Gasteiger charge is -2.41. The van der Waals surface area contributed by atoms with Crippen LogP contribution >= 0.6 is 0 Å². The Kier molecular flexibility index (Phi) is 11.5. The van der Waals surface area contributed by atoms with E-state index in [0.717, 1.165) is 79.0 Å². The Morgan fingerprint density at radius 3 is 2.46 bits per heavy atom. The molecule has 1 saturated carbocycles. The van der Waals surface area contributed by atoms with Gasteiger partial charge in [-0.3, -0.25) is 0 Å². The van der Waals surface area contributed by atoms with Crippen LogP contribution in [-0.4, -0.2) is 114 Å². The van der Waals surface area contributed by atoms with Crippen molar-refractivity contribution in [3.05, 3.63) is 82.2 Å². The van der Waals surface area contributed by atoms with Gasteiger partial charge in [-0.2, -0.15) is 9.97 Å². The molecule has 14 heteroatoms. The number of rotatable bonds is 11. The van der Waals surface area contributed by atoms with Crippen LogP contribution in [0.3, 0.4) is 0 Å². The maximum absolute atomic E-state index is 16.9. The normalized spacial score (nSPS) is 27.5. The lowest BCUT2D eigenvalue weighted by atomic mass is 9.65. The third-order valence-corrected chi connectivity index (χ3v) is 14.2. The number of allylic oxidation sites excluding steroid dienone is 3. The molecular formula is C51H61FN5O8+. The molecule has 1 amide bonds. The van der Waals surface area contributed by atoms with Crippen molar-refractivity contribution in [1.29, 1.82) is 0 Å². The topological polar surface area (TPSA) is 125 Å². The predicted octanol–water partition coefficient (Wildman–Crippen LogP) is 8.82. The average molecular weight is 891 g/mol. The standard InChI is InChI=1S/C51H61FN5O8/c1-30-39(52)25-40-51(5,19-10-20-55(40)41-12-7-8-21-62-41)43(30)42-37(32-17-18-32)24-38-44(45(42)63-28-31-13-15-33(16-14-31)47(58)60-6)53-48(64-29-36-11-9-22-61-36)54-46(38)56-26-35-23-34(56)27-57(35)49(59)65-50(2,3)4/h10,13-16,19-20,24-25,32,34-36,40-41H,7-9,11-12,17-18,21-23,26-29H2,1-6H3/q+1/t34-,35-,36-,40?,41?,51?/m0/s1. The maximum Gasteiger partial charge on any atom is 0.410 e. The summed E-state index contributed by atoms with van der Waals surface area (Å²) >= 11 is 0. The number of hydrogen-bond donors (Lipinski definition) is 0. The lowest BCUT2D eigenvalue weighted by Crippen LogP contribution is -2.50. The van der Waals surface area contributed by atoms with E-state index in [1.54, 1.807) is 18.2 Å². The Morgan fingerprint density at radius 2 is 1.78 bits per heavy atom. The first kappa shape index (κ1) is 43.5. The van der Waals surface area contributed by atoms with Crippen LogP contribution in [0.25, 0.3) is 16.5 Å². The quantitative estimate of drug-likeness (QED) is 0.136. The van der Waals surface area contributed by atoms with E-state index >= 15 is 4.39 Å². The molecule has 0 spiro atoms. The Balaban J connectivity index is 1.14. The molecular weight excluding hydrogens is 830 g/mol. The minimum Gasteiger partial charge on any atom is -0.486 e. The third kappa shape index (κ3) is 8.30. The first-order valence-corrected chi connectivity index (χ1v) is 23.5. The van der Waals surface area contributed by atoms with E-state index in [-0.39, 0.29) is 60.9 Å². The number of anilines is 1. The van der Waals surface area contributed by atoms with Crippen molar-refractivity contribution in [2.45, 2.75) is 135 Å². The van der Waals surface area contributed by atoms with E-state index in [4.69, 9.17) is 38.4 Å². The van der Waals surface area contributed by atoms with Crippen LogP contribution in [0.1, 0.15) is 119 Å². The average Bonchev–Trinajstić information content (AvgIpc) is 3.63. The minimum atomic E-state index is -0.693. The zero-order chi connectivity index (χ0) is 45.2. The van der Waals surface area contributed by atoms with E-state index in [2.05, 4.69) is 34.6 Å². The number of aromatic nitrogens is 2. The van der Waals surface area contributed by atoms with Crippen LogP contribution in [0.5, 0.6) is 11.8 Å². The van der Waals surface area contributed by atoms with Gasteiger partial charge in [0.2, 0.25) is 0 Å². The molecule has 6 heterocycles. The van der Waals surface area contributed by atoms with Crippen molar-refractivity contribution in [3.63, 3.8) is 0 Å². The zero-order valence-electron chi connectivity index (χ0n) is 38.4. The van der Waals surface area contributed by atoms with Crippen LogP contribution in [-0.2, 0) is 25.6 Å². The number of hydrogen-bond acceptors (Lipinski definition) is 11. The molecule has 5 aliphatic heterocycles. The molecule has 7 aliphatic rings. The number of esters is 1. The van der Waals surface area contributed by atoms with Gasteiger partial charge in [-0.25, -0.2) is 18.6 Å². The van der Waals surface area contributed by atoms with E-state index in [1.807, 2.05) is 50.9 Å². The monoisotopic (exact) mass is 890 g/mol. The third-order valence-electron chi connectivity index (χ3n) is 14.2. The molecule has 13 nitrogen and oxygen atoms in total. The first-order chi connectivity index (χ1) is 31.3. The summed E-state index contributed by atoms with van der Waals surface area (Å²) in [6.45, 7) is 12.6. The fourth-order valence-corrected chi connectivity index (χ4v) is 10.9. The molecule has 0 N–H and O–H groups in total. The highest BCUT2D eigenvalue weighted by Gasteiger charge is 2.53. The molecule has 344 valence electrons. The van der Waals surface area contributed by atoms with Crippen molar-refractivity contribution in [2.24, 2.45) is 5.41 Å². The second kappa shape index (κ2) is 17.1. The molecule has 65 heavy (non-hydrogen) atoms. The molecule has 3 unspecified atom stereocenters. The van der Waals surface area contributed by atoms with Gasteiger partial charge >= 0.3 is 18.1 Å². The summed E-state index contributed by atoms with van der Waals surface area (Å²) in [5.74, 6) is 0.747. The number of carbonyl (C=O) groups excluding carboxylic acids is 2. The number of methoxy groups -OCH3 is 1. The Morgan fingerprint density at radius 1 is 0.985 bits per heavy atom. The second-order valence-electron chi connectivity index (χ2n) is 19.9. The summed E-state index contributed by atoms with van der Waals surface area (Å²) in [4.78, 5) is 40.4. The second-order valence-corrected chi connectivity index (χ2v) is 19.9. The molecule has 1 aromatic heterocycles. The zero-order valence-corrected chi connectivity index (χ0v) is 38.4. The number of likely N-dealkylation sites (tertiary alicyclic amines) is 1. The van der Waals surface area contributed by atoms with Crippen LogP contribution < -0.4 is 14.4 Å². The fraction of sp³-hybridized carbons (Fsp3) is 0.549. The van der Waals surface area contributed by atoms with Crippen molar-refractivity contribution in [3.8, 4) is 11.8 Å². The number of carbonyl (C=O) groups is 2. The van der Waals surface area contributed by atoms with E-state index in [0.29, 0.717) is 61.1 Å². The van der Waals surface area contributed by atoms with E-state index in [1.165, 1.54) is 7.11 Å². The first-order valence-electron chi connectivity index (χ1n) is 23.5. The number of benzene rings is 2. The predicted molar refractivity (Wildman–Crippen MR) is 243 cm³/mol. The smallest absolute Gasteiger partial charge is 0.410 e. The molecule has 2 bridgehead atoms. The summed E-state index contributed by atoms with van der Waals surface area (Å²) in [6, 6.07) is 9.17. The summed E-state index contributed by atoms with van der Waals surface area (Å²) in [5.41, 5.74) is 3.83. The molecule has 5 fully saturated rings. The Bertz CT molecular complexity index is 2500. The van der Waals surface area contributed by atoms with E-state index < -0.39 is 17.0 Å². The molecule has 3 aromatic rings. The van der Waals surface area contributed by atoms with Gasteiger partial charge in [0, 0.05) is 43.1 Å². The minimum absolute atomic E-state index is 0.0165. The molecule has 2 aromatic carbocycles. The van der Waals surface area contributed by atoms with Gasteiger partial charge in [0.25, 0.3) is 6.23 Å². The summed E-state index contributed by atoms with van der Waals surface area (Å²) in [5, 5.41) is 0.809. The molecule has 10 rings (SSSR count). The highest BCUT2D eigenvalue weighted by molar-refractivity contribution is 6.01. The molecule has 2 aliphatic carbocycles. The van der Waals surface area contributed by atoms with Crippen molar-refractivity contribution >= 4 is 40.6 Å². The summed E-state index contributed by atoms with van der Waals surface area (Å²) < 4.78 is 55.9. The van der Waals surface area contributed by atoms with Gasteiger partial charge in [0.1, 0.15) is 36.0 Å². The van der Waals surface area contributed by atoms with E-state index in [9.17, 15) is 9.59 Å². The molecule has 0 radical (unpaired) electrons. The highest BCUT2D eigenvalue weighted by atomic mass is 19.1. The number of piperazine rings is 1. The summed E-state index contributed by atoms with van der Waals surface area (Å²) in [6.07, 6.45) is 15.0. The van der Waals surface area contributed by atoms with Crippen molar-refractivity contribution < 1.29 is 47.0 Å². The largest absolute Gasteiger partial charge is 0.486 e. The summed E-state index contributed by atoms with van der Waals surface area (Å²) in [7, 11) is 1.37. The highest BCUT2D eigenvalue weighted by Crippen LogP contribution is 2.57. The van der Waals surface area contributed by atoms with Gasteiger partial charge < -0.3 is 38.2 Å². The van der Waals surface area contributed by atoms with Gasteiger partial charge in [0.15, 0.2) is 18.0 Å². The van der Waals surface area contributed by atoms with Crippen LogP contribution in [0.2, 0.25) is 0 Å². The van der Waals surface area contributed by atoms with Crippen molar-refractivity contribution in [1.82, 2.24) is 14.9 Å². The fourth-order valence-electron chi connectivity index (χ4n) is 10.9. The van der Waals surface area contributed by atoms with Gasteiger partial charge in [-0.15, -0.1) is 0 Å². The van der Waals surface area contributed by atoms with Gasteiger partial charge in [-0.05, 0) is 132 Å². The lowest BCUT2D eigenvalue weighted by molar-refractivity contribution is -0.643.